The molecule has 1 N–H and O–H groups in total. The maximum atomic E-state index is 12.8. The number of halogens is 6. The van der Waals surface area contributed by atoms with Gasteiger partial charge >= 0.3 is 12.4 Å². The number of rotatable bonds is 2. The number of nitrogens with one attached hydrogen (secondary N) is 1. The Hall–Kier alpha value is -2.52. The SMILES string of the molecule is Cc1noc(C)c1C(=O)Nc1cc(C(F)(F)F)cc(C(F)(F)F)c1. The standard InChI is InChI=1S/C14H10F6N2O2/c1-6-11(7(2)24-22-6)12(23)21-10-4-8(13(15,16)17)3-9(5-10)14(18,19)20/h3-5H,1-2H3,(H,21,23). The molecule has 1 aromatic carbocycles. The molecule has 130 valence electrons. The Bertz CT molecular complexity index is 725. The lowest BCUT2D eigenvalue weighted by Gasteiger charge is -2.14. The van der Waals surface area contributed by atoms with E-state index in [2.05, 4.69) is 5.16 Å². The van der Waals surface area contributed by atoms with Crippen molar-refractivity contribution in [3.05, 3.63) is 46.3 Å². The number of aryl methyl sites for hydroxylation is 2. The molecule has 0 saturated heterocycles. The summed E-state index contributed by atoms with van der Waals surface area (Å²) < 4.78 is 81.4. The first-order valence-electron chi connectivity index (χ1n) is 6.43. The van der Waals surface area contributed by atoms with Crippen LogP contribution < -0.4 is 5.32 Å². The summed E-state index contributed by atoms with van der Waals surface area (Å²) >= 11 is 0. The first-order valence-corrected chi connectivity index (χ1v) is 6.43. The van der Waals surface area contributed by atoms with Gasteiger partial charge in [0.2, 0.25) is 0 Å². The van der Waals surface area contributed by atoms with E-state index in [9.17, 15) is 31.1 Å². The second-order valence-electron chi connectivity index (χ2n) is 4.95. The molecular formula is C14H10F6N2O2. The normalized spacial score (nSPS) is 12.3. The monoisotopic (exact) mass is 352 g/mol. The second-order valence-corrected chi connectivity index (χ2v) is 4.95. The van der Waals surface area contributed by atoms with Crippen LogP contribution in [0, 0.1) is 13.8 Å². The summed E-state index contributed by atoms with van der Waals surface area (Å²) in [6.45, 7) is 2.81. The van der Waals surface area contributed by atoms with Gasteiger partial charge in [0.1, 0.15) is 11.3 Å². The first-order chi connectivity index (χ1) is 10.9. The highest BCUT2D eigenvalue weighted by Crippen LogP contribution is 2.37. The highest BCUT2D eigenvalue weighted by atomic mass is 19.4. The second kappa shape index (κ2) is 5.84. The Balaban J connectivity index is 2.45. The Kier molecular flexibility index (Phi) is 4.34. The number of anilines is 1. The lowest BCUT2D eigenvalue weighted by molar-refractivity contribution is -0.143. The van der Waals surface area contributed by atoms with Crippen LogP contribution in [0.5, 0.6) is 0 Å². The van der Waals surface area contributed by atoms with E-state index in [0.717, 1.165) is 0 Å². The van der Waals surface area contributed by atoms with Crippen LogP contribution in [-0.4, -0.2) is 11.1 Å². The number of carbonyl (C=O) groups is 1. The summed E-state index contributed by atoms with van der Waals surface area (Å²) in [6, 6.07) is 0.822. The molecule has 2 rings (SSSR count). The predicted molar refractivity (Wildman–Crippen MR) is 70.4 cm³/mol. The fourth-order valence-corrected chi connectivity index (χ4v) is 2.03. The summed E-state index contributed by atoms with van der Waals surface area (Å²) in [4.78, 5) is 12.1. The maximum Gasteiger partial charge on any atom is 0.416 e. The molecule has 0 bridgehead atoms. The fourth-order valence-electron chi connectivity index (χ4n) is 2.03. The minimum Gasteiger partial charge on any atom is -0.361 e. The van der Waals surface area contributed by atoms with Crippen LogP contribution in [-0.2, 0) is 12.4 Å². The summed E-state index contributed by atoms with van der Waals surface area (Å²) in [7, 11) is 0. The third-order valence-corrected chi connectivity index (χ3v) is 3.11. The van der Waals surface area contributed by atoms with Gasteiger partial charge in [-0.15, -0.1) is 0 Å². The van der Waals surface area contributed by atoms with Crippen LogP contribution in [0.25, 0.3) is 0 Å². The molecule has 0 aliphatic carbocycles. The number of alkyl halides is 6. The zero-order valence-electron chi connectivity index (χ0n) is 12.3. The predicted octanol–water partition coefficient (Wildman–Crippen LogP) is 4.58. The minimum atomic E-state index is -5.00. The van der Waals surface area contributed by atoms with E-state index in [1.807, 2.05) is 5.32 Å². The quantitative estimate of drug-likeness (QED) is 0.805. The maximum absolute atomic E-state index is 12.8. The Morgan fingerprint density at radius 3 is 1.88 bits per heavy atom. The molecule has 1 aromatic heterocycles. The van der Waals surface area contributed by atoms with Gasteiger partial charge in [-0.3, -0.25) is 4.79 Å². The van der Waals surface area contributed by atoms with Gasteiger partial charge in [0.05, 0.1) is 16.8 Å². The molecule has 2 aromatic rings. The molecule has 0 spiro atoms. The topological polar surface area (TPSA) is 55.1 Å². The molecule has 1 heterocycles. The van der Waals surface area contributed by atoms with Crippen LogP contribution in [0.4, 0.5) is 32.0 Å². The molecule has 0 aliphatic heterocycles. The summed E-state index contributed by atoms with van der Waals surface area (Å²) in [5.41, 5.74) is -3.58. The zero-order valence-corrected chi connectivity index (χ0v) is 12.3. The van der Waals surface area contributed by atoms with E-state index in [1.54, 1.807) is 0 Å². The van der Waals surface area contributed by atoms with Crippen LogP contribution in [0.3, 0.4) is 0 Å². The number of hydrogen-bond donors (Lipinski definition) is 1. The molecule has 0 fully saturated rings. The molecule has 24 heavy (non-hydrogen) atoms. The number of nitrogens with zero attached hydrogens (tertiary/aromatic N) is 1. The number of hydrogen-bond acceptors (Lipinski definition) is 3. The van der Waals surface area contributed by atoms with E-state index in [1.165, 1.54) is 13.8 Å². The van der Waals surface area contributed by atoms with Gasteiger partial charge in [0, 0.05) is 5.69 Å². The Morgan fingerprint density at radius 2 is 1.50 bits per heavy atom. The fraction of sp³-hybridized carbons (Fsp3) is 0.286. The third kappa shape index (κ3) is 3.69. The molecule has 0 aliphatic rings. The molecular weight excluding hydrogens is 342 g/mol. The summed E-state index contributed by atoms with van der Waals surface area (Å²) in [5, 5.41) is 5.51. The van der Waals surface area contributed by atoms with E-state index >= 15 is 0 Å². The van der Waals surface area contributed by atoms with Gasteiger partial charge in [-0.25, -0.2) is 0 Å². The molecule has 0 unspecified atom stereocenters. The van der Waals surface area contributed by atoms with Crippen molar-refractivity contribution in [2.45, 2.75) is 26.2 Å². The van der Waals surface area contributed by atoms with Gasteiger partial charge in [-0.2, -0.15) is 26.3 Å². The molecule has 0 atom stereocenters. The van der Waals surface area contributed by atoms with Crippen LogP contribution in [0.2, 0.25) is 0 Å². The van der Waals surface area contributed by atoms with Crippen molar-refractivity contribution in [1.29, 1.82) is 0 Å². The average molecular weight is 352 g/mol. The van der Waals surface area contributed by atoms with Crippen molar-refractivity contribution in [3.63, 3.8) is 0 Å². The molecule has 4 nitrogen and oxygen atoms in total. The van der Waals surface area contributed by atoms with Crippen LogP contribution in [0.15, 0.2) is 22.7 Å². The molecule has 1 amide bonds. The number of amides is 1. The van der Waals surface area contributed by atoms with E-state index in [0.29, 0.717) is 12.1 Å². The number of carbonyl (C=O) groups excluding carboxylic acids is 1. The smallest absolute Gasteiger partial charge is 0.361 e. The summed E-state index contributed by atoms with van der Waals surface area (Å²) in [5.74, 6) is -0.827. The highest BCUT2D eigenvalue weighted by molar-refractivity contribution is 6.05. The van der Waals surface area contributed by atoms with Crippen molar-refractivity contribution in [1.82, 2.24) is 5.16 Å². The van der Waals surface area contributed by atoms with Crippen LogP contribution >= 0.6 is 0 Å². The Labute approximate surface area is 131 Å². The van der Waals surface area contributed by atoms with Crippen molar-refractivity contribution >= 4 is 11.6 Å². The van der Waals surface area contributed by atoms with Gasteiger partial charge in [0.25, 0.3) is 5.91 Å². The van der Waals surface area contributed by atoms with Gasteiger partial charge in [-0.1, -0.05) is 5.16 Å². The van der Waals surface area contributed by atoms with E-state index < -0.39 is 35.1 Å². The van der Waals surface area contributed by atoms with E-state index in [4.69, 9.17) is 4.52 Å². The van der Waals surface area contributed by atoms with E-state index in [-0.39, 0.29) is 23.1 Å². The zero-order chi connectivity index (χ0) is 18.3. The van der Waals surface area contributed by atoms with Gasteiger partial charge < -0.3 is 9.84 Å². The Morgan fingerprint density at radius 1 is 1.00 bits per heavy atom. The van der Waals surface area contributed by atoms with Crippen LogP contribution in [0.1, 0.15) is 32.9 Å². The average Bonchev–Trinajstić information content (AvgIpc) is 2.75. The molecule has 0 saturated carbocycles. The van der Waals surface area contributed by atoms with Crippen molar-refractivity contribution in [2.24, 2.45) is 0 Å². The lowest BCUT2D eigenvalue weighted by Crippen LogP contribution is -2.16. The third-order valence-electron chi connectivity index (χ3n) is 3.11. The molecule has 10 heteroatoms. The largest absolute Gasteiger partial charge is 0.416 e. The van der Waals surface area contributed by atoms with Crippen molar-refractivity contribution in [2.75, 3.05) is 5.32 Å². The lowest BCUT2D eigenvalue weighted by atomic mass is 10.1. The van der Waals surface area contributed by atoms with Crippen molar-refractivity contribution in [3.8, 4) is 0 Å². The first kappa shape index (κ1) is 17.8. The number of aromatic nitrogens is 1. The number of benzene rings is 1. The van der Waals surface area contributed by atoms with Gasteiger partial charge in [0.15, 0.2) is 0 Å². The molecule has 0 radical (unpaired) electrons. The van der Waals surface area contributed by atoms with Crippen molar-refractivity contribution < 1.29 is 35.7 Å². The van der Waals surface area contributed by atoms with Gasteiger partial charge in [-0.05, 0) is 32.0 Å². The highest BCUT2D eigenvalue weighted by Gasteiger charge is 2.37. The minimum absolute atomic E-state index is 0.0223. The summed E-state index contributed by atoms with van der Waals surface area (Å²) in [6.07, 6.45) is -9.99.